The zero-order valence-electron chi connectivity index (χ0n) is 14.8. The molecule has 0 amide bonds. The summed E-state index contributed by atoms with van der Waals surface area (Å²) < 4.78 is 10.4. The van der Waals surface area contributed by atoms with Crippen LogP contribution in [0.5, 0.6) is 5.75 Å². The molecule has 0 radical (unpaired) electrons. The van der Waals surface area contributed by atoms with E-state index in [-0.39, 0.29) is 11.6 Å². The quantitative estimate of drug-likeness (QED) is 0.656. The van der Waals surface area contributed by atoms with Gasteiger partial charge in [-0.3, -0.25) is 14.0 Å². The van der Waals surface area contributed by atoms with Crippen LogP contribution >= 0.6 is 11.3 Å². The van der Waals surface area contributed by atoms with E-state index in [0.717, 1.165) is 27.4 Å². The number of aryl methyl sites for hydroxylation is 1. The molecule has 6 nitrogen and oxygen atoms in total. The Hall–Kier alpha value is -2.67. The van der Waals surface area contributed by atoms with Gasteiger partial charge in [-0.05, 0) is 26.0 Å². The molecule has 0 spiro atoms. The van der Waals surface area contributed by atoms with Crippen LogP contribution in [0, 0.1) is 6.92 Å². The molecule has 5 rings (SSSR count). The van der Waals surface area contributed by atoms with Crippen LogP contribution in [0.3, 0.4) is 0 Å². The molecular weight excluding hydrogens is 348 g/mol. The highest BCUT2D eigenvalue weighted by Crippen LogP contribution is 2.42. The number of nitrogens with zero attached hydrogens (tertiary/aromatic N) is 4. The van der Waals surface area contributed by atoms with Crippen LogP contribution in [0.4, 0.5) is 0 Å². The van der Waals surface area contributed by atoms with E-state index in [0.29, 0.717) is 11.0 Å². The van der Waals surface area contributed by atoms with E-state index in [1.165, 1.54) is 11.3 Å². The van der Waals surface area contributed by atoms with Crippen molar-refractivity contribution in [3.63, 3.8) is 0 Å². The average Bonchev–Trinajstić information content (AvgIpc) is 3.08. The number of para-hydroxylation sites is 1. The number of hydrogen-bond acceptors (Lipinski definition) is 5. The van der Waals surface area contributed by atoms with Gasteiger partial charge in [-0.1, -0.05) is 29.5 Å². The second-order valence-electron chi connectivity index (χ2n) is 7.02. The van der Waals surface area contributed by atoms with Crippen LogP contribution in [0.15, 0.2) is 40.2 Å². The molecule has 2 aliphatic rings. The molecule has 2 bridgehead atoms. The molecule has 7 heteroatoms. The fourth-order valence-electron chi connectivity index (χ4n) is 3.74. The second kappa shape index (κ2) is 5.17. The summed E-state index contributed by atoms with van der Waals surface area (Å²) >= 11 is 1.42. The minimum Gasteiger partial charge on any atom is -0.466 e. The van der Waals surface area contributed by atoms with E-state index < -0.39 is 5.72 Å². The number of ether oxygens (including phenoxy) is 1. The predicted molar refractivity (Wildman–Crippen MR) is 99.1 cm³/mol. The minimum atomic E-state index is -0.627. The Kier molecular flexibility index (Phi) is 3.10. The van der Waals surface area contributed by atoms with Gasteiger partial charge in [0.05, 0.1) is 16.8 Å². The molecule has 0 N–H and O–H groups in total. The maximum Gasteiger partial charge on any atom is 0.270 e. The van der Waals surface area contributed by atoms with E-state index in [9.17, 15) is 4.79 Å². The normalized spacial score (nSPS) is 23.8. The van der Waals surface area contributed by atoms with Crippen molar-refractivity contribution in [2.45, 2.75) is 32.0 Å². The lowest BCUT2D eigenvalue weighted by molar-refractivity contribution is 0.0410. The molecular formula is C19H18N4O2S. The Morgan fingerprint density at radius 1 is 1.38 bits per heavy atom. The molecule has 2 atom stereocenters. The van der Waals surface area contributed by atoms with Gasteiger partial charge < -0.3 is 4.74 Å². The van der Waals surface area contributed by atoms with Crippen molar-refractivity contribution in [2.75, 3.05) is 0 Å². The van der Waals surface area contributed by atoms with Crippen molar-refractivity contribution in [3.8, 4) is 5.75 Å². The molecule has 0 unspecified atom stereocenters. The van der Waals surface area contributed by atoms with Gasteiger partial charge in [0, 0.05) is 30.3 Å². The maximum absolute atomic E-state index is 13.2. The fraction of sp³-hybridized carbons (Fsp3) is 0.316. The zero-order valence-corrected chi connectivity index (χ0v) is 15.6. The molecule has 3 aromatic rings. The lowest BCUT2D eigenvalue weighted by Gasteiger charge is -2.39. The largest absolute Gasteiger partial charge is 0.466 e. The molecule has 26 heavy (non-hydrogen) atoms. The summed E-state index contributed by atoms with van der Waals surface area (Å²) in [4.78, 5) is 18.6. The Balaban J connectivity index is 1.77. The topological polar surface area (TPSA) is 61.4 Å². The molecule has 0 fully saturated rings. The number of rotatable bonds is 1. The van der Waals surface area contributed by atoms with Crippen LogP contribution in [0.25, 0.3) is 6.08 Å². The molecule has 2 aromatic heterocycles. The smallest absolute Gasteiger partial charge is 0.270 e. The first-order valence-corrected chi connectivity index (χ1v) is 9.36. The van der Waals surface area contributed by atoms with Crippen molar-refractivity contribution in [3.05, 3.63) is 67.0 Å². The van der Waals surface area contributed by atoms with E-state index in [1.54, 1.807) is 10.9 Å². The third kappa shape index (κ3) is 2.13. The van der Waals surface area contributed by atoms with Crippen LogP contribution in [-0.4, -0.2) is 20.1 Å². The van der Waals surface area contributed by atoms with Crippen molar-refractivity contribution in [2.24, 2.45) is 12.0 Å². The van der Waals surface area contributed by atoms with Gasteiger partial charge >= 0.3 is 0 Å². The number of fused-ring (bicyclic) bond motifs is 6. The number of benzene rings is 1. The Morgan fingerprint density at radius 2 is 2.19 bits per heavy atom. The summed E-state index contributed by atoms with van der Waals surface area (Å²) in [6, 6.07) is 7.88. The summed E-state index contributed by atoms with van der Waals surface area (Å²) in [5, 5.41) is 4.26. The predicted octanol–water partition coefficient (Wildman–Crippen LogP) is 1.50. The zero-order chi connectivity index (χ0) is 18.1. The molecule has 0 aliphatic carbocycles. The summed E-state index contributed by atoms with van der Waals surface area (Å²) in [7, 11) is 1.90. The van der Waals surface area contributed by atoms with Crippen LogP contribution in [0.2, 0.25) is 0 Å². The SMILES string of the molecule is Cc1c(/C=c2/sc3n(c2=O)[C@@H]2C[C@](C)(N=3)Oc3ccccc32)cnn1C. The summed E-state index contributed by atoms with van der Waals surface area (Å²) in [6.45, 7) is 3.98. The highest BCUT2D eigenvalue weighted by Gasteiger charge is 2.42. The Morgan fingerprint density at radius 3 is 2.96 bits per heavy atom. The molecule has 2 aliphatic heterocycles. The van der Waals surface area contributed by atoms with E-state index >= 15 is 0 Å². The lowest BCUT2D eigenvalue weighted by atomic mass is 9.93. The van der Waals surface area contributed by atoms with Gasteiger partial charge in [0.2, 0.25) is 5.72 Å². The van der Waals surface area contributed by atoms with E-state index in [1.807, 2.05) is 55.8 Å². The molecule has 0 saturated carbocycles. The summed E-state index contributed by atoms with van der Waals surface area (Å²) in [6.07, 6.45) is 4.36. The average molecular weight is 366 g/mol. The van der Waals surface area contributed by atoms with Crippen molar-refractivity contribution in [1.82, 2.24) is 14.3 Å². The summed E-state index contributed by atoms with van der Waals surface area (Å²) in [5.41, 5.74) is 2.40. The summed E-state index contributed by atoms with van der Waals surface area (Å²) in [5.74, 6) is 0.812. The van der Waals surface area contributed by atoms with Crippen LogP contribution in [0.1, 0.15) is 36.2 Å². The first-order valence-electron chi connectivity index (χ1n) is 8.55. The van der Waals surface area contributed by atoms with Gasteiger partial charge in [0.25, 0.3) is 5.56 Å². The van der Waals surface area contributed by atoms with Gasteiger partial charge in [-0.15, -0.1) is 0 Å². The fourth-order valence-corrected chi connectivity index (χ4v) is 4.85. The van der Waals surface area contributed by atoms with Gasteiger partial charge in [-0.2, -0.15) is 5.10 Å². The lowest BCUT2D eigenvalue weighted by Crippen LogP contribution is -2.49. The third-order valence-corrected chi connectivity index (χ3v) is 6.20. The van der Waals surface area contributed by atoms with Crippen molar-refractivity contribution in [1.29, 1.82) is 0 Å². The Labute approximate surface area is 153 Å². The standard InChI is InChI=1S/C19H18N4O2S/c1-11-12(10-20-22(11)3)8-16-17(24)23-14-9-19(2,21-18(23)26-16)25-15-7-5-4-6-13(14)15/h4-8,10,14H,9H2,1-3H3/b16-8+/t14-,19-/m1/s1. The minimum absolute atomic E-state index is 0.000700. The van der Waals surface area contributed by atoms with Crippen molar-refractivity contribution >= 4 is 17.4 Å². The number of hydrogen-bond donors (Lipinski definition) is 0. The highest BCUT2D eigenvalue weighted by atomic mass is 32.1. The van der Waals surface area contributed by atoms with Crippen LogP contribution < -0.4 is 19.6 Å². The monoisotopic (exact) mass is 366 g/mol. The number of thiazole rings is 1. The highest BCUT2D eigenvalue weighted by molar-refractivity contribution is 7.07. The van der Waals surface area contributed by atoms with Crippen molar-refractivity contribution < 1.29 is 4.74 Å². The third-order valence-electron chi connectivity index (χ3n) is 5.22. The molecule has 132 valence electrons. The first kappa shape index (κ1) is 15.6. The van der Waals surface area contributed by atoms with Gasteiger partial charge in [-0.25, -0.2) is 4.99 Å². The first-order chi connectivity index (χ1) is 12.5. The number of aromatic nitrogens is 3. The van der Waals surface area contributed by atoms with Gasteiger partial charge in [0.1, 0.15) is 5.75 Å². The Bertz CT molecular complexity index is 1220. The van der Waals surface area contributed by atoms with E-state index in [2.05, 4.69) is 5.10 Å². The van der Waals surface area contributed by atoms with E-state index in [4.69, 9.17) is 9.73 Å². The molecule has 1 aromatic carbocycles. The molecule has 4 heterocycles. The van der Waals surface area contributed by atoms with Crippen LogP contribution in [-0.2, 0) is 7.05 Å². The van der Waals surface area contributed by atoms with Gasteiger partial charge in [0.15, 0.2) is 4.80 Å². The second-order valence-corrected chi connectivity index (χ2v) is 8.03. The molecule has 0 saturated heterocycles. The maximum atomic E-state index is 13.2.